The minimum atomic E-state index is -4.58. The first-order chi connectivity index (χ1) is 14.3. The normalized spacial score (nSPS) is 16.9. The van der Waals surface area contributed by atoms with Crippen LogP contribution in [-0.4, -0.2) is 30.3 Å². The first-order valence-electron chi connectivity index (χ1n) is 9.42. The van der Waals surface area contributed by atoms with Gasteiger partial charge in [0, 0.05) is 12.1 Å². The Morgan fingerprint density at radius 1 is 1.00 bits per heavy atom. The van der Waals surface area contributed by atoms with E-state index < -0.39 is 29.6 Å². The lowest BCUT2D eigenvalue weighted by molar-refractivity contribution is -0.137. The van der Waals surface area contributed by atoms with E-state index in [0.29, 0.717) is 13.0 Å². The maximum atomic E-state index is 12.9. The molecule has 6 nitrogen and oxygen atoms in total. The Labute approximate surface area is 170 Å². The average Bonchev–Trinajstić information content (AvgIpc) is 2.92. The van der Waals surface area contributed by atoms with Gasteiger partial charge >= 0.3 is 6.18 Å². The third-order valence-electron chi connectivity index (χ3n) is 4.71. The zero-order valence-electron chi connectivity index (χ0n) is 15.9. The third-order valence-corrected chi connectivity index (χ3v) is 4.71. The Balaban J connectivity index is 1.77. The zero-order chi connectivity index (χ0) is 21.7. The molecule has 0 aliphatic carbocycles. The van der Waals surface area contributed by atoms with Crippen LogP contribution >= 0.6 is 0 Å². The summed E-state index contributed by atoms with van der Waals surface area (Å²) in [5.74, 6) is -1.61. The quantitative estimate of drug-likeness (QED) is 0.710. The van der Waals surface area contributed by atoms with Crippen molar-refractivity contribution >= 4 is 23.4 Å². The van der Waals surface area contributed by atoms with Crippen LogP contribution in [0, 0.1) is 0 Å². The van der Waals surface area contributed by atoms with Gasteiger partial charge in [0.25, 0.3) is 11.8 Å². The predicted octanol–water partition coefficient (Wildman–Crippen LogP) is 3.36. The molecule has 3 amide bonds. The van der Waals surface area contributed by atoms with Gasteiger partial charge in [0.15, 0.2) is 0 Å². The number of anilines is 1. The van der Waals surface area contributed by atoms with Gasteiger partial charge in [-0.15, -0.1) is 0 Å². The molecular weight excluding hydrogens is 399 g/mol. The molecule has 1 fully saturated rings. The Morgan fingerprint density at radius 2 is 1.77 bits per heavy atom. The molecule has 9 heteroatoms. The van der Waals surface area contributed by atoms with Crippen LogP contribution in [0.15, 0.2) is 48.5 Å². The van der Waals surface area contributed by atoms with Crippen molar-refractivity contribution in [2.24, 2.45) is 0 Å². The molecule has 1 saturated heterocycles. The Kier molecular flexibility index (Phi) is 6.39. The molecule has 1 atom stereocenters. The second-order valence-corrected chi connectivity index (χ2v) is 6.89. The summed E-state index contributed by atoms with van der Waals surface area (Å²) in [5.41, 5.74) is -0.898. The molecule has 0 radical (unpaired) electrons. The first kappa shape index (κ1) is 21.4. The summed E-state index contributed by atoms with van der Waals surface area (Å²) in [6.45, 7) is 0.550. The topological polar surface area (TPSA) is 87.3 Å². The molecule has 1 aliphatic heterocycles. The van der Waals surface area contributed by atoms with Crippen LogP contribution in [0.2, 0.25) is 0 Å². The Hall–Kier alpha value is -3.36. The molecule has 0 bridgehead atoms. The Morgan fingerprint density at radius 3 is 2.53 bits per heavy atom. The Bertz CT molecular complexity index is 960. The van der Waals surface area contributed by atoms with E-state index in [9.17, 15) is 27.6 Å². The summed E-state index contributed by atoms with van der Waals surface area (Å²) in [5, 5.41) is 7.86. The number of benzene rings is 2. The van der Waals surface area contributed by atoms with Crippen LogP contribution in [-0.2, 0) is 11.0 Å². The van der Waals surface area contributed by atoms with Gasteiger partial charge in [-0.1, -0.05) is 18.2 Å². The van der Waals surface area contributed by atoms with Crippen molar-refractivity contribution in [3.63, 3.8) is 0 Å². The molecule has 2 aromatic rings. The lowest BCUT2D eigenvalue weighted by Gasteiger charge is -2.17. The highest BCUT2D eigenvalue weighted by Crippen LogP contribution is 2.29. The lowest BCUT2D eigenvalue weighted by Crippen LogP contribution is -2.45. The zero-order valence-corrected chi connectivity index (χ0v) is 15.9. The fourth-order valence-electron chi connectivity index (χ4n) is 3.13. The molecule has 1 heterocycles. The number of amides is 3. The predicted molar refractivity (Wildman–Crippen MR) is 104 cm³/mol. The second kappa shape index (κ2) is 8.98. The number of carbonyl (C=O) groups excluding carboxylic acids is 3. The third kappa shape index (κ3) is 5.16. The fourth-order valence-corrected chi connectivity index (χ4v) is 3.13. The van der Waals surface area contributed by atoms with Crippen LogP contribution in [0.1, 0.15) is 45.5 Å². The van der Waals surface area contributed by atoms with E-state index >= 15 is 0 Å². The van der Waals surface area contributed by atoms with Crippen molar-refractivity contribution < 1.29 is 27.6 Å². The smallest absolute Gasteiger partial charge is 0.354 e. The van der Waals surface area contributed by atoms with E-state index in [1.807, 2.05) is 0 Å². The van der Waals surface area contributed by atoms with Gasteiger partial charge in [0.2, 0.25) is 5.91 Å². The minimum absolute atomic E-state index is 0.106. The SMILES string of the molecule is O=C(Nc1ccccc1C(=O)N[C@H]1CCCCNC1=O)c1cccc(C(F)(F)F)c1. The van der Waals surface area contributed by atoms with Gasteiger partial charge in [-0.2, -0.15) is 13.2 Å². The highest BCUT2D eigenvalue weighted by Gasteiger charge is 2.31. The number of nitrogens with one attached hydrogen (secondary N) is 3. The van der Waals surface area contributed by atoms with Crippen molar-refractivity contribution in [1.29, 1.82) is 0 Å². The summed E-state index contributed by atoms with van der Waals surface area (Å²) in [7, 11) is 0. The maximum absolute atomic E-state index is 12.9. The van der Waals surface area contributed by atoms with E-state index in [2.05, 4.69) is 16.0 Å². The number of carbonyl (C=O) groups is 3. The van der Waals surface area contributed by atoms with Crippen LogP contribution in [0.5, 0.6) is 0 Å². The van der Waals surface area contributed by atoms with Crippen LogP contribution < -0.4 is 16.0 Å². The van der Waals surface area contributed by atoms with Gasteiger partial charge in [-0.3, -0.25) is 14.4 Å². The van der Waals surface area contributed by atoms with Crippen molar-refractivity contribution in [3.8, 4) is 0 Å². The number of para-hydroxylation sites is 1. The maximum Gasteiger partial charge on any atom is 0.416 e. The standard InChI is InChI=1S/C21H20F3N3O3/c22-21(23,24)14-7-5-6-13(12-14)18(28)26-16-9-2-1-8-15(16)19(29)27-17-10-3-4-11-25-20(17)30/h1-2,5-9,12,17H,3-4,10-11H2,(H,25,30)(H,26,28)(H,27,29)/t17-/m0/s1. The first-order valence-corrected chi connectivity index (χ1v) is 9.42. The van der Waals surface area contributed by atoms with Crippen LogP contribution in [0.25, 0.3) is 0 Å². The molecule has 3 rings (SSSR count). The van der Waals surface area contributed by atoms with Gasteiger partial charge in [0.1, 0.15) is 6.04 Å². The monoisotopic (exact) mass is 419 g/mol. The molecule has 0 spiro atoms. The van der Waals surface area contributed by atoms with E-state index in [1.165, 1.54) is 18.2 Å². The molecule has 158 valence electrons. The summed E-state index contributed by atoms with van der Waals surface area (Å²) >= 11 is 0. The summed E-state index contributed by atoms with van der Waals surface area (Å²) < 4.78 is 38.7. The fraction of sp³-hybridized carbons (Fsp3) is 0.286. The molecule has 0 unspecified atom stereocenters. The molecule has 30 heavy (non-hydrogen) atoms. The minimum Gasteiger partial charge on any atom is -0.354 e. The van der Waals surface area contributed by atoms with Crippen molar-refractivity contribution in [2.45, 2.75) is 31.5 Å². The highest BCUT2D eigenvalue weighted by atomic mass is 19.4. The summed E-state index contributed by atoms with van der Waals surface area (Å²) in [4.78, 5) is 37.2. The largest absolute Gasteiger partial charge is 0.416 e. The average molecular weight is 419 g/mol. The van der Waals surface area contributed by atoms with Gasteiger partial charge in [0.05, 0.1) is 16.8 Å². The van der Waals surface area contributed by atoms with Gasteiger partial charge < -0.3 is 16.0 Å². The van der Waals surface area contributed by atoms with Crippen molar-refractivity contribution in [1.82, 2.24) is 10.6 Å². The molecule has 0 aromatic heterocycles. The van der Waals surface area contributed by atoms with E-state index in [1.54, 1.807) is 12.1 Å². The number of halogens is 3. The molecule has 3 N–H and O–H groups in total. The second-order valence-electron chi connectivity index (χ2n) is 6.89. The molecule has 2 aromatic carbocycles. The summed E-state index contributed by atoms with van der Waals surface area (Å²) in [6.07, 6.45) is -2.48. The van der Waals surface area contributed by atoms with Gasteiger partial charge in [-0.05, 0) is 49.6 Å². The summed E-state index contributed by atoms with van der Waals surface area (Å²) in [6, 6.07) is 9.42. The lowest BCUT2D eigenvalue weighted by atomic mass is 10.1. The molecular formula is C21H20F3N3O3. The van der Waals surface area contributed by atoms with Crippen LogP contribution in [0.4, 0.5) is 18.9 Å². The van der Waals surface area contributed by atoms with Crippen LogP contribution in [0.3, 0.4) is 0 Å². The number of rotatable bonds is 4. The van der Waals surface area contributed by atoms with Crippen molar-refractivity contribution in [2.75, 3.05) is 11.9 Å². The van der Waals surface area contributed by atoms with Crippen molar-refractivity contribution in [3.05, 3.63) is 65.2 Å². The van der Waals surface area contributed by atoms with E-state index in [4.69, 9.17) is 0 Å². The number of hydrogen-bond donors (Lipinski definition) is 3. The van der Waals surface area contributed by atoms with E-state index in [0.717, 1.165) is 31.0 Å². The van der Waals surface area contributed by atoms with E-state index in [-0.39, 0.29) is 22.7 Å². The number of alkyl halides is 3. The molecule has 1 aliphatic rings. The van der Waals surface area contributed by atoms with Gasteiger partial charge in [-0.25, -0.2) is 0 Å². The molecule has 0 saturated carbocycles. The number of hydrogen-bond acceptors (Lipinski definition) is 3. The highest BCUT2D eigenvalue weighted by molar-refractivity contribution is 6.09.